The van der Waals surface area contributed by atoms with Crippen molar-refractivity contribution >= 4 is 17.2 Å². The number of hydrogen-bond acceptors (Lipinski definition) is 2. The van der Waals surface area contributed by atoms with Crippen LogP contribution < -0.4 is 5.73 Å². The van der Waals surface area contributed by atoms with Crippen molar-refractivity contribution in [1.82, 2.24) is 4.90 Å². The molecule has 2 N–H and O–H groups in total. The Kier molecular flexibility index (Phi) is 4.82. The smallest absolute Gasteiger partial charge is 0.0742 e. The minimum atomic E-state index is 0.526. The molecule has 3 heteroatoms. The van der Waals surface area contributed by atoms with Crippen LogP contribution in [0.15, 0.2) is 0 Å². The Labute approximate surface area is 92.8 Å². The summed E-state index contributed by atoms with van der Waals surface area (Å²) in [5.74, 6) is 0.886. The second-order valence-electron chi connectivity index (χ2n) is 4.59. The van der Waals surface area contributed by atoms with Crippen LogP contribution >= 0.6 is 12.2 Å². The lowest BCUT2D eigenvalue weighted by molar-refractivity contribution is 0.219. The van der Waals surface area contributed by atoms with Gasteiger partial charge < -0.3 is 10.6 Å². The largest absolute Gasteiger partial charge is 0.393 e. The third-order valence-corrected chi connectivity index (χ3v) is 3.34. The molecule has 0 aromatic rings. The van der Waals surface area contributed by atoms with Crippen molar-refractivity contribution in [3.63, 3.8) is 0 Å². The molecule has 0 aromatic carbocycles. The lowest BCUT2D eigenvalue weighted by Crippen LogP contribution is -2.36. The highest BCUT2D eigenvalue weighted by molar-refractivity contribution is 7.80. The second kappa shape index (κ2) is 5.66. The maximum absolute atomic E-state index is 5.57. The van der Waals surface area contributed by atoms with Gasteiger partial charge in [0.05, 0.1) is 4.99 Å². The Hall–Kier alpha value is -0.150. The summed E-state index contributed by atoms with van der Waals surface area (Å²) in [5.41, 5.74) is 5.57. The number of likely N-dealkylation sites (tertiary alicyclic amines) is 1. The monoisotopic (exact) mass is 214 g/mol. The summed E-state index contributed by atoms with van der Waals surface area (Å²) >= 11 is 4.95. The van der Waals surface area contributed by atoms with Crippen LogP contribution in [0, 0.1) is 5.92 Å². The third-order valence-electron chi connectivity index (χ3n) is 3.17. The number of rotatable bonds is 3. The van der Waals surface area contributed by atoms with Gasteiger partial charge in [-0.25, -0.2) is 0 Å². The van der Waals surface area contributed by atoms with E-state index in [-0.39, 0.29) is 0 Å². The molecule has 2 atom stereocenters. The lowest BCUT2D eigenvalue weighted by atomic mass is 10.0. The van der Waals surface area contributed by atoms with E-state index in [9.17, 15) is 0 Å². The van der Waals surface area contributed by atoms with E-state index in [0.717, 1.165) is 12.3 Å². The molecule has 0 radical (unpaired) electrons. The second-order valence-corrected chi connectivity index (χ2v) is 5.12. The SMILES string of the molecule is CC1CCCN(C(C)CC(N)=S)CC1. The molecule has 1 rings (SSSR count). The summed E-state index contributed by atoms with van der Waals surface area (Å²) in [6, 6.07) is 0.526. The zero-order valence-corrected chi connectivity index (χ0v) is 10.1. The van der Waals surface area contributed by atoms with E-state index in [1.807, 2.05) is 0 Å². The first-order chi connectivity index (χ1) is 6.59. The van der Waals surface area contributed by atoms with Crippen LogP contribution in [0.25, 0.3) is 0 Å². The molecule has 1 fully saturated rings. The van der Waals surface area contributed by atoms with E-state index < -0.39 is 0 Å². The van der Waals surface area contributed by atoms with Crippen molar-refractivity contribution in [2.45, 2.75) is 45.6 Å². The summed E-state index contributed by atoms with van der Waals surface area (Å²) in [6.45, 7) is 7.01. The van der Waals surface area contributed by atoms with Gasteiger partial charge in [0.1, 0.15) is 0 Å². The lowest BCUT2D eigenvalue weighted by Gasteiger charge is -2.27. The van der Waals surface area contributed by atoms with Gasteiger partial charge in [-0.2, -0.15) is 0 Å². The Morgan fingerprint density at radius 3 is 2.86 bits per heavy atom. The zero-order chi connectivity index (χ0) is 10.6. The molecular weight excluding hydrogens is 192 g/mol. The number of nitrogens with two attached hydrogens (primary N) is 1. The third kappa shape index (κ3) is 3.93. The quantitative estimate of drug-likeness (QED) is 0.730. The highest BCUT2D eigenvalue weighted by atomic mass is 32.1. The van der Waals surface area contributed by atoms with Crippen molar-refractivity contribution in [3.05, 3.63) is 0 Å². The molecule has 1 aliphatic heterocycles. The van der Waals surface area contributed by atoms with E-state index >= 15 is 0 Å². The normalized spacial score (nSPS) is 26.9. The van der Waals surface area contributed by atoms with Gasteiger partial charge in [-0.1, -0.05) is 19.1 Å². The summed E-state index contributed by atoms with van der Waals surface area (Å²) in [5, 5.41) is 0. The van der Waals surface area contributed by atoms with Crippen LogP contribution in [0.5, 0.6) is 0 Å². The molecule has 0 bridgehead atoms. The average molecular weight is 214 g/mol. The van der Waals surface area contributed by atoms with E-state index in [2.05, 4.69) is 18.7 Å². The molecule has 1 heterocycles. The van der Waals surface area contributed by atoms with Gasteiger partial charge in [-0.3, -0.25) is 0 Å². The first-order valence-electron chi connectivity index (χ1n) is 5.62. The summed E-state index contributed by atoms with van der Waals surface area (Å²) in [6.07, 6.45) is 4.88. The summed E-state index contributed by atoms with van der Waals surface area (Å²) in [4.78, 5) is 3.18. The van der Waals surface area contributed by atoms with Crippen LogP contribution in [0.3, 0.4) is 0 Å². The van der Waals surface area contributed by atoms with Crippen LogP contribution in [-0.4, -0.2) is 29.0 Å². The summed E-state index contributed by atoms with van der Waals surface area (Å²) < 4.78 is 0. The molecule has 1 saturated heterocycles. The first-order valence-corrected chi connectivity index (χ1v) is 6.02. The Morgan fingerprint density at radius 2 is 2.21 bits per heavy atom. The number of hydrogen-bond donors (Lipinski definition) is 1. The Morgan fingerprint density at radius 1 is 1.50 bits per heavy atom. The predicted molar refractivity (Wildman–Crippen MR) is 65.5 cm³/mol. The van der Waals surface area contributed by atoms with Crippen LogP contribution in [0.4, 0.5) is 0 Å². The van der Waals surface area contributed by atoms with Crippen molar-refractivity contribution in [2.75, 3.05) is 13.1 Å². The highest BCUT2D eigenvalue weighted by Crippen LogP contribution is 2.18. The zero-order valence-electron chi connectivity index (χ0n) is 9.33. The average Bonchev–Trinajstić information content (AvgIpc) is 2.28. The fourth-order valence-electron chi connectivity index (χ4n) is 2.15. The Balaban J connectivity index is 2.38. The van der Waals surface area contributed by atoms with Crippen molar-refractivity contribution in [2.24, 2.45) is 11.7 Å². The molecule has 14 heavy (non-hydrogen) atoms. The van der Waals surface area contributed by atoms with Crippen LogP contribution in [0.2, 0.25) is 0 Å². The summed E-state index contributed by atoms with van der Waals surface area (Å²) in [7, 11) is 0. The molecule has 1 aliphatic rings. The first kappa shape index (κ1) is 11.9. The molecule has 0 amide bonds. The number of nitrogens with zero attached hydrogens (tertiary/aromatic N) is 1. The minimum Gasteiger partial charge on any atom is -0.393 e. The fourth-order valence-corrected chi connectivity index (χ4v) is 2.39. The van der Waals surface area contributed by atoms with Crippen LogP contribution in [-0.2, 0) is 0 Å². The van der Waals surface area contributed by atoms with E-state index in [1.54, 1.807) is 0 Å². The maximum Gasteiger partial charge on any atom is 0.0742 e. The van der Waals surface area contributed by atoms with Gasteiger partial charge in [-0.05, 0) is 45.2 Å². The molecule has 0 saturated carbocycles. The van der Waals surface area contributed by atoms with Gasteiger partial charge >= 0.3 is 0 Å². The van der Waals surface area contributed by atoms with Crippen molar-refractivity contribution in [3.8, 4) is 0 Å². The van der Waals surface area contributed by atoms with Crippen LogP contribution in [0.1, 0.15) is 39.5 Å². The van der Waals surface area contributed by atoms with Gasteiger partial charge in [-0.15, -0.1) is 0 Å². The van der Waals surface area contributed by atoms with Gasteiger partial charge in [0.15, 0.2) is 0 Å². The van der Waals surface area contributed by atoms with Crippen molar-refractivity contribution < 1.29 is 0 Å². The van der Waals surface area contributed by atoms with Gasteiger partial charge in [0, 0.05) is 12.5 Å². The standard InChI is InChI=1S/C11H22N2S/c1-9-4-3-6-13(7-5-9)10(2)8-11(12)14/h9-10H,3-8H2,1-2H3,(H2,12,14). The maximum atomic E-state index is 5.57. The Bertz CT molecular complexity index is 194. The molecule has 82 valence electrons. The van der Waals surface area contributed by atoms with E-state index in [4.69, 9.17) is 18.0 Å². The van der Waals surface area contributed by atoms with Crippen molar-refractivity contribution in [1.29, 1.82) is 0 Å². The molecule has 2 unspecified atom stereocenters. The van der Waals surface area contributed by atoms with E-state index in [1.165, 1.54) is 32.4 Å². The minimum absolute atomic E-state index is 0.526. The molecule has 0 aliphatic carbocycles. The molecular formula is C11H22N2S. The number of thiocarbonyl (C=S) groups is 1. The van der Waals surface area contributed by atoms with Gasteiger partial charge in [0.2, 0.25) is 0 Å². The predicted octanol–water partition coefficient (Wildman–Crippen LogP) is 2.17. The highest BCUT2D eigenvalue weighted by Gasteiger charge is 2.18. The molecule has 0 aromatic heterocycles. The topological polar surface area (TPSA) is 29.3 Å². The molecule has 0 spiro atoms. The van der Waals surface area contributed by atoms with Gasteiger partial charge in [0.25, 0.3) is 0 Å². The molecule has 2 nitrogen and oxygen atoms in total. The fraction of sp³-hybridized carbons (Fsp3) is 0.909. The van der Waals surface area contributed by atoms with E-state index in [0.29, 0.717) is 11.0 Å².